The van der Waals surface area contributed by atoms with E-state index in [4.69, 9.17) is 0 Å². The van der Waals surface area contributed by atoms with Crippen molar-refractivity contribution in [2.75, 3.05) is 0 Å². The summed E-state index contributed by atoms with van der Waals surface area (Å²) in [7, 11) is -1.71. The number of rotatable bonds is 3. The molecule has 5 heteroatoms. The molecule has 0 saturated carbocycles. The smallest absolute Gasteiger partial charge is 0.124 e. The van der Waals surface area contributed by atoms with Crippen LogP contribution in [0.3, 0.4) is 0 Å². The Kier molecular flexibility index (Phi) is 3.65. The van der Waals surface area contributed by atoms with E-state index in [1.54, 1.807) is 6.07 Å². The molecule has 1 rings (SSSR count). The molecule has 2 unspecified atom stereocenters. The fourth-order valence-electron chi connectivity index (χ4n) is 1.14. The van der Waals surface area contributed by atoms with Crippen molar-refractivity contribution in [2.24, 2.45) is 0 Å². The summed E-state index contributed by atoms with van der Waals surface area (Å²) >= 11 is 0. The van der Waals surface area contributed by atoms with Crippen molar-refractivity contribution in [1.29, 1.82) is 0 Å². The third-order valence-corrected chi connectivity index (χ3v) is 3.70. The van der Waals surface area contributed by atoms with Crippen LogP contribution in [0, 0.1) is 0 Å². The van der Waals surface area contributed by atoms with E-state index < -0.39 is 10.1 Å². The van der Waals surface area contributed by atoms with Crippen LogP contribution in [0.5, 0.6) is 0 Å². The van der Waals surface area contributed by atoms with Gasteiger partial charge in [-0.2, -0.15) is 0 Å². The summed E-state index contributed by atoms with van der Waals surface area (Å²) in [5.74, 6) is 0. The lowest BCUT2D eigenvalue weighted by atomic mass is 10.1. The minimum absolute atomic E-state index is 0.157. The van der Waals surface area contributed by atoms with E-state index in [-0.39, 0.29) is 10.6 Å². The Morgan fingerprint density at radius 2 is 2.14 bits per heavy atom. The SMILES string of the molecule is CCC(P)c1cccc(S(=O)(=O)[O-])c1. The highest BCUT2D eigenvalue weighted by atomic mass is 32.2. The van der Waals surface area contributed by atoms with E-state index in [0.29, 0.717) is 0 Å². The Hall–Kier alpha value is -0.440. The van der Waals surface area contributed by atoms with Crippen LogP contribution in [0.15, 0.2) is 29.2 Å². The van der Waals surface area contributed by atoms with Crippen molar-refractivity contribution in [2.45, 2.75) is 23.9 Å². The fraction of sp³-hybridized carbons (Fsp3) is 0.333. The minimum Gasteiger partial charge on any atom is -0.744 e. The quantitative estimate of drug-likeness (QED) is 0.589. The summed E-state index contributed by atoms with van der Waals surface area (Å²) in [4.78, 5) is -0.157. The van der Waals surface area contributed by atoms with Gasteiger partial charge < -0.3 is 4.55 Å². The molecule has 0 aliphatic rings. The van der Waals surface area contributed by atoms with Gasteiger partial charge >= 0.3 is 0 Å². The molecule has 2 atom stereocenters. The van der Waals surface area contributed by atoms with Gasteiger partial charge in [-0.05, 0) is 29.8 Å². The van der Waals surface area contributed by atoms with E-state index in [9.17, 15) is 13.0 Å². The van der Waals surface area contributed by atoms with E-state index >= 15 is 0 Å². The first kappa shape index (κ1) is 11.6. The van der Waals surface area contributed by atoms with Crippen LogP contribution in [0.1, 0.15) is 24.6 Å². The Balaban J connectivity index is 3.14. The maximum atomic E-state index is 10.7. The van der Waals surface area contributed by atoms with Crippen molar-refractivity contribution in [3.8, 4) is 0 Å². The Labute approximate surface area is 86.5 Å². The molecule has 78 valence electrons. The van der Waals surface area contributed by atoms with Gasteiger partial charge in [0.15, 0.2) is 0 Å². The van der Waals surface area contributed by atoms with Crippen LogP contribution in [0.4, 0.5) is 0 Å². The summed E-state index contributed by atoms with van der Waals surface area (Å²) in [5.41, 5.74) is 1.05. The predicted molar refractivity (Wildman–Crippen MR) is 57.1 cm³/mol. The van der Waals surface area contributed by atoms with Crippen LogP contribution < -0.4 is 0 Å². The monoisotopic (exact) mass is 231 g/mol. The number of benzene rings is 1. The molecule has 3 nitrogen and oxygen atoms in total. The first-order valence-corrected chi connectivity index (χ1v) is 6.34. The molecular weight excluding hydrogens is 219 g/mol. The molecule has 14 heavy (non-hydrogen) atoms. The van der Waals surface area contributed by atoms with Gasteiger partial charge in [-0.1, -0.05) is 19.1 Å². The molecule has 0 bridgehead atoms. The highest BCUT2D eigenvalue weighted by Crippen LogP contribution is 2.27. The van der Waals surface area contributed by atoms with Crippen molar-refractivity contribution in [1.82, 2.24) is 0 Å². The average molecular weight is 231 g/mol. The summed E-state index contributed by atoms with van der Waals surface area (Å²) in [6.07, 6.45) is 0.882. The molecule has 0 amide bonds. The second-order valence-electron chi connectivity index (χ2n) is 3.04. The zero-order chi connectivity index (χ0) is 10.8. The first-order chi connectivity index (χ1) is 6.45. The highest BCUT2D eigenvalue weighted by Gasteiger charge is 2.06. The third kappa shape index (κ3) is 2.77. The number of hydrogen-bond acceptors (Lipinski definition) is 3. The lowest BCUT2D eigenvalue weighted by molar-refractivity contribution is 0.463. The van der Waals surface area contributed by atoms with Crippen molar-refractivity contribution in [3.63, 3.8) is 0 Å². The molecule has 0 fully saturated rings. The molecule has 0 aliphatic heterocycles. The Morgan fingerprint density at radius 3 is 2.64 bits per heavy atom. The average Bonchev–Trinajstić information content (AvgIpc) is 2.15. The summed E-state index contributed by atoms with van der Waals surface area (Å²) in [5, 5.41) is 0. The molecule has 1 aromatic rings. The molecular formula is C9H12O3PS-. The topological polar surface area (TPSA) is 57.2 Å². The summed E-state index contributed by atoms with van der Waals surface area (Å²) in [6, 6.07) is 6.16. The van der Waals surface area contributed by atoms with Gasteiger partial charge in [-0.25, -0.2) is 8.42 Å². The van der Waals surface area contributed by atoms with Crippen molar-refractivity contribution in [3.05, 3.63) is 29.8 Å². The van der Waals surface area contributed by atoms with Crippen LogP contribution in [0.25, 0.3) is 0 Å². The van der Waals surface area contributed by atoms with Crippen molar-refractivity contribution < 1.29 is 13.0 Å². The maximum absolute atomic E-state index is 10.7. The van der Waals surface area contributed by atoms with E-state index in [0.717, 1.165) is 12.0 Å². The third-order valence-electron chi connectivity index (χ3n) is 2.01. The molecule has 0 radical (unpaired) electrons. The second kappa shape index (κ2) is 4.39. The van der Waals surface area contributed by atoms with Gasteiger partial charge in [0.25, 0.3) is 0 Å². The van der Waals surface area contributed by atoms with Crippen LogP contribution in [0.2, 0.25) is 0 Å². The normalized spacial score (nSPS) is 13.9. The minimum atomic E-state index is -4.33. The predicted octanol–water partition coefficient (Wildman–Crippen LogP) is 1.92. The maximum Gasteiger partial charge on any atom is 0.124 e. The van der Waals surface area contributed by atoms with Crippen molar-refractivity contribution >= 4 is 19.4 Å². The second-order valence-corrected chi connectivity index (χ2v) is 5.23. The largest absolute Gasteiger partial charge is 0.744 e. The Morgan fingerprint density at radius 1 is 1.50 bits per heavy atom. The summed E-state index contributed by atoms with van der Waals surface area (Å²) in [6.45, 7) is 2.00. The zero-order valence-electron chi connectivity index (χ0n) is 7.80. The van der Waals surface area contributed by atoms with Gasteiger partial charge in [-0.3, -0.25) is 0 Å². The first-order valence-electron chi connectivity index (χ1n) is 4.26. The number of hydrogen-bond donors (Lipinski definition) is 0. The van der Waals surface area contributed by atoms with Crippen LogP contribution in [-0.2, 0) is 10.1 Å². The van der Waals surface area contributed by atoms with Crippen LogP contribution >= 0.6 is 9.24 Å². The molecule has 0 N–H and O–H groups in total. The van der Waals surface area contributed by atoms with E-state index in [1.807, 2.05) is 13.0 Å². The van der Waals surface area contributed by atoms with Gasteiger partial charge in [0, 0.05) is 0 Å². The highest BCUT2D eigenvalue weighted by molar-refractivity contribution is 7.85. The van der Waals surface area contributed by atoms with Gasteiger partial charge in [0.05, 0.1) is 4.90 Å². The molecule has 0 spiro atoms. The van der Waals surface area contributed by atoms with E-state index in [1.165, 1.54) is 12.1 Å². The lowest BCUT2D eigenvalue weighted by Crippen LogP contribution is -1.99. The van der Waals surface area contributed by atoms with Gasteiger partial charge in [0.1, 0.15) is 10.1 Å². The molecule has 1 aromatic carbocycles. The fourth-order valence-corrected chi connectivity index (χ4v) is 1.87. The summed E-state index contributed by atoms with van der Waals surface area (Å²) < 4.78 is 32.2. The molecule has 0 aromatic heterocycles. The lowest BCUT2D eigenvalue weighted by Gasteiger charge is -2.12. The molecule has 0 saturated heterocycles. The Bertz CT molecular complexity index is 414. The van der Waals surface area contributed by atoms with E-state index in [2.05, 4.69) is 9.24 Å². The molecule has 0 aliphatic carbocycles. The molecule has 0 heterocycles. The van der Waals surface area contributed by atoms with Gasteiger partial charge in [0.2, 0.25) is 0 Å². The standard InChI is InChI=1S/C9H13O3PS/c1-2-9(13)7-4-3-5-8(6-7)14(10,11)12/h3-6,9H,2,13H2,1H3,(H,10,11,12)/p-1. The zero-order valence-corrected chi connectivity index (χ0v) is 9.78. The van der Waals surface area contributed by atoms with Gasteiger partial charge in [-0.15, -0.1) is 9.24 Å². The van der Waals surface area contributed by atoms with Crippen LogP contribution in [-0.4, -0.2) is 13.0 Å².